The molecular weight excluding hydrogens is 296 g/mol. The number of hydrogen-bond donors (Lipinski definition) is 1. The highest BCUT2D eigenvalue weighted by Gasteiger charge is 2.17. The molecule has 5 heteroatoms. The minimum atomic E-state index is -1.50. The molecule has 120 valence electrons. The summed E-state index contributed by atoms with van der Waals surface area (Å²) in [5.41, 5.74) is 3.29. The molecule has 0 bridgehead atoms. The van der Waals surface area contributed by atoms with Crippen molar-refractivity contribution in [2.24, 2.45) is 0 Å². The van der Waals surface area contributed by atoms with Crippen LogP contribution < -0.4 is 9.47 Å². The molecule has 2 rings (SSSR count). The van der Waals surface area contributed by atoms with Crippen molar-refractivity contribution in [1.82, 2.24) is 0 Å². The fraction of sp³-hybridized carbons (Fsp3) is 0.222. The molecule has 0 heterocycles. The molecule has 5 nitrogen and oxygen atoms in total. The zero-order chi connectivity index (χ0) is 17.0. The molecule has 0 radical (unpaired) electrons. The minimum Gasteiger partial charge on any atom is -0.493 e. The maximum Gasteiger partial charge on any atom is 0.377 e. The van der Waals surface area contributed by atoms with E-state index in [1.165, 1.54) is 25.3 Å². The second-order valence-corrected chi connectivity index (χ2v) is 5.16. The van der Waals surface area contributed by atoms with Crippen molar-refractivity contribution >= 4 is 11.8 Å². The van der Waals surface area contributed by atoms with E-state index < -0.39 is 11.8 Å². The summed E-state index contributed by atoms with van der Waals surface area (Å²) < 4.78 is 11.0. The molecule has 0 atom stereocenters. The highest BCUT2D eigenvalue weighted by Crippen LogP contribution is 2.29. The van der Waals surface area contributed by atoms with E-state index in [1.807, 2.05) is 32.0 Å². The van der Waals surface area contributed by atoms with E-state index in [9.17, 15) is 9.59 Å². The van der Waals surface area contributed by atoms with Gasteiger partial charge in [-0.3, -0.25) is 4.79 Å². The first-order chi connectivity index (χ1) is 10.9. The molecular formula is C18H18O5. The monoisotopic (exact) mass is 314 g/mol. The Morgan fingerprint density at radius 2 is 1.70 bits per heavy atom. The van der Waals surface area contributed by atoms with Crippen LogP contribution in [0, 0.1) is 13.8 Å². The summed E-state index contributed by atoms with van der Waals surface area (Å²) in [6, 6.07) is 10.3. The molecule has 0 aliphatic heterocycles. The van der Waals surface area contributed by atoms with Gasteiger partial charge in [0.1, 0.15) is 6.61 Å². The Kier molecular flexibility index (Phi) is 5.01. The summed E-state index contributed by atoms with van der Waals surface area (Å²) in [7, 11) is 1.49. The average Bonchev–Trinajstić information content (AvgIpc) is 2.53. The molecule has 0 saturated heterocycles. The van der Waals surface area contributed by atoms with Gasteiger partial charge in [0.2, 0.25) is 0 Å². The highest BCUT2D eigenvalue weighted by atomic mass is 16.5. The molecule has 0 aromatic heterocycles. The first kappa shape index (κ1) is 16.5. The van der Waals surface area contributed by atoms with Gasteiger partial charge in [0.25, 0.3) is 5.78 Å². The summed E-state index contributed by atoms with van der Waals surface area (Å²) in [6.45, 7) is 4.29. The summed E-state index contributed by atoms with van der Waals surface area (Å²) >= 11 is 0. The molecule has 0 aliphatic carbocycles. The number of ether oxygens (including phenoxy) is 2. The Morgan fingerprint density at radius 3 is 2.26 bits per heavy atom. The van der Waals surface area contributed by atoms with Crippen molar-refractivity contribution in [3.8, 4) is 11.5 Å². The van der Waals surface area contributed by atoms with Crippen LogP contribution in [-0.4, -0.2) is 24.0 Å². The van der Waals surface area contributed by atoms with E-state index in [4.69, 9.17) is 14.6 Å². The molecule has 0 aliphatic rings. The normalized spacial score (nSPS) is 10.2. The van der Waals surface area contributed by atoms with Crippen LogP contribution in [-0.2, 0) is 11.4 Å². The number of Topliss-reactive ketones (excluding diaryl/α,β-unsaturated/α-hetero) is 1. The lowest BCUT2D eigenvalue weighted by molar-refractivity contribution is -0.131. The predicted octanol–water partition coefficient (Wildman–Crippen LogP) is 3.16. The van der Waals surface area contributed by atoms with Gasteiger partial charge in [-0.15, -0.1) is 0 Å². The Bertz CT molecular complexity index is 729. The van der Waals surface area contributed by atoms with Crippen LogP contribution in [0.2, 0.25) is 0 Å². The van der Waals surface area contributed by atoms with Crippen molar-refractivity contribution in [2.45, 2.75) is 20.5 Å². The van der Waals surface area contributed by atoms with Gasteiger partial charge >= 0.3 is 5.97 Å². The summed E-state index contributed by atoms with van der Waals surface area (Å²) in [4.78, 5) is 22.4. The van der Waals surface area contributed by atoms with E-state index in [2.05, 4.69) is 0 Å². The average molecular weight is 314 g/mol. The zero-order valence-corrected chi connectivity index (χ0v) is 13.3. The Labute approximate surface area is 134 Å². The largest absolute Gasteiger partial charge is 0.493 e. The van der Waals surface area contributed by atoms with E-state index >= 15 is 0 Å². The number of ketones is 1. The molecule has 0 saturated carbocycles. The van der Waals surface area contributed by atoms with Crippen LogP contribution >= 0.6 is 0 Å². The second kappa shape index (κ2) is 6.96. The third-order valence-corrected chi connectivity index (χ3v) is 3.64. The van der Waals surface area contributed by atoms with Gasteiger partial charge < -0.3 is 14.6 Å². The molecule has 23 heavy (non-hydrogen) atoms. The van der Waals surface area contributed by atoms with E-state index in [0.29, 0.717) is 18.1 Å². The molecule has 2 aromatic carbocycles. The number of carbonyl (C=O) groups is 2. The van der Waals surface area contributed by atoms with Crippen molar-refractivity contribution in [2.75, 3.05) is 7.11 Å². The molecule has 0 unspecified atom stereocenters. The molecule has 0 fully saturated rings. The summed E-state index contributed by atoms with van der Waals surface area (Å²) in [6.07, 6.45) is 0. The summed E-state index contributed by atoms with van der Waals surface area (Å²) in [5.74, 6) is -1.71. The smallest absolute Gasteiger partial charge is 0.377 e. The number of carboxylic acids is 1. The number of methoxy groups -OCH3 is 1. The van der Waals surface area contributed by atoms with E-state index in [-0.39, 0.29) is 5.56 Å². The van der Waals surface area contributed by atoms with Crippen LogP contribution in [0.4, 0.5) is 0 Å². The number of hydrogen-bond acceptors (Lipinski definition) is 4. The Hall–Kier alpha value is -2.82. The standard InChI is InChI=1S/C18H18O5/c1-11-5-4-6-12(2)14(11)10-23-16-9-13(17(19)18(20)21)7-8-15(16)22-3/h4-9H,10H2,1-3H3,(H,20,21). The van der Waals surface area contributed by atoms with Crippen molar-refractivity contribution in [3.05, 3.63) is 58.7 Å². The van der Waals surface area contributed by atoms with Crippen molar-refractivity contribution < 1.29 is 24.2 Å². The van der Waals surface area contributed by atoms with Gasteiger partial charge in [0.15, 0.2) is 11.5 Å². The molecule has 0 spiro atoms. The fourth-order valence-electron chi connectivity index (χ4n) is 2.28. The third kappa shape index (κ3) is 3.69. The Morgan fingerprint density at radius 1 is 1.04 bits per heavy atom. The number of aryl methyl sites for hydroxylation is 2. The number of benzene rings is 2. The topological polar surface area (TPSA) is 72.8 Å². The van der Waals surface area contributed by atoms with E-state index in [1.54, 1.807) is 0 Å². The number of carboxylic acid groups (broad SMARTS) is 1. The molecule has 0 amide bonds. The number of aliphatic carboxylic acids is 1. The van der Waals surface area contributed by atoms with Crippen LogP contribution in [0.15, 0.2) is 36.4 Å². The maximum absolute atomic E-state index is 11.6. The van der Waals surface area contributed by atoms with Crippen molar-refractivity contribution in [3.63, 3.8) is 0 Å². The number of rotatable bonds is 6. The fourth-order valence-corrected chi connectivity index (χ4v) is 2.28. The maximum atomic E-state index is 11.6. The predicted molar refractivity (Wildman–Crippen MR) is 85.2 cm³/mol. The lowest BCUT2D eigenvalue weighted by Gasteiger charge is -2.14. The second-order valence-electron chi connectivity index (χ2n) is 5.16. The quantitative estimate of drug-likeness (QED) is 0.655. The lowest BCUT2D eigenvalue weighted by Crippen LogP contribution is -2.13. The highest BCUT2D eigenvalue weighted by molar-refractivity contribution is 6.39. The van der Waals surface area contributed by atoms with Gasteiger partial charge in [-0.05, 0) is 48.7 Å². The van der Waals surface area contributed by atoms with Gasteiger partial charge in [-0.1, -0.05) is 18.2 Å². The lowest BCUT2D eigenvalue weighted by atomic mass is 10.0. The van der Waals surface area contributed by atoms with Gasteiger partial charge in [-0.25, -0.2) is 4.79 Å². The van der Waals surface area contributed by atoms with Crippen LogP contribution in [0.25, 0.3) is 0 Å². The molecule has 2 aromatic rings. The Balaban J connectivity index is 2.29. The van der Waals surface area contributed by atoms with Gasteiger partial charge in [0.05, 0.1) is 7.11 Å². The van der Waals surface area contributed by atoms with E-state index in [0.717, 1.165) is 16.7 Å². The third-order valence-electron chi connectivity index (χ3n) is 3.64. The molecule has 1 N–H and O–H groups in total. The van der Waals surface area contributed by atoms with Gasteiger partial charge in [-0.2, -0.15) is 0 Å². The van der Waals surface area contributed by atoms with Gasteiger partial charge in [0, 0.05) is 5.56 Å². The van der Waals surface area contributed by atoms with Crippen LogP contribution in [0.3, 0.4) is 0 Å². The summed E-state index contributed by atoms with van der Waals surface area (Å²) in [5, 5.41) is 8.81. The minimum absolute atomic E-state index is 0.0507. The SMILES string of the molecule is COc1ccc(C(=O)C(=O)O)cc1OCc1c(C)cccc1C. The van der Waals surface area contributed by atoms with Crippen molar-refractivity contribution in [1.29, 1.82) is 0 Å². The first-order valence-corrected chi connectivity index (χ1v) is 7.07. The van der Waals surface area contributed by atoms with Crippen LogP contribution in [0.5, 0.6) is 11.5 Å². The van der Waals surface area contributed by atoms with Crippen LogP contribution in [0.1, 0.15) is 27.0 Å². The first-order valence-electron chi connectivity index (χ1n) is 7.07. The zero-order valence-electron chi connectivity index (χ0n) is 13.3. The number of carbonyl (C=O) groups excluding carboxylic acids is 1.